The maximum Gasteiger partial charge on any atom is 0.266 e. The SMILES string of the molecule is Cc1cc(C)n(CCN(C(=O)COc2ccccc2C)c2nc3c(C)cc(Cl)cc3s2)n1. The predicted molar refractivity (Wildman–Crippen MR) is 130 cm³/mol. The van der Waals surface area contributed by atoms with Crippen molar-refractivity contribution in [3.63, 3.8) is 0 Å². The molecule has 6 nitrogen and oxygen atoms in total. The number of benzene rings is 2. The number of ether oxygens (including phenoxy) is 1. The van der Waals surface area contributed by atoms with Crippen LogP contribution in [0.15, 0.2) is 42.5 Å². The number of hydrogen-bond donors (Lipinski definition) is 0. The Kier molecular flexibility index (Phi) is 6.48. The highest BCUT2D eigenvalue weighted by molar-refractivity contribution is 7.22. The van der Waals surface area contributed by atoms with Crippen LogP contribution in [-0.4, -0.2) is 33.8 Å². The summed E-state index contributed by atoms with van der Waals surface area (Å²) < 4.78 is 8.70. The number of aryl methyl sites for hydroxylation is 4. The highest BCUT2D eigenvalue weighted by Crippen LogP contribution is 2.33. The van der Waals surface area contributed by atoms with Crippen molar-refractivity contribution in [3.05, 3.63) is 70.0 Å². The Hall–Kier alpha value is -2.90. The van der Waals surface area contributed by atoms with Crippen molar-refractivity contribution in [1.29, 1.82) is 0 Å². The number of fused-ring (bicyclic) bond motifs is 1. The van der Waals surface area contributed by atoms with Crippen molar-refractivity contribution < 1.29 is 9.53 Å². The number of para-hydroxylation sites is 1. The summed E-state index contributed by atoms with van der Waals surface area (Å²) in [5.41, 5.74) is 4.83. The molecule has 2 heterocycles. The Morgan fingerprint density at radius 3 is 2.62 bits per heavy atom. The summed E-state index contributed by atoms with van der Waals surface area (Å²) in [6.07, 6.45) is 0. The Bertz CT molecular complexity index is 1280. The molecule has 8 heteroatoms. The third-order valence-electron chi connectivity index (χ3n) is 5.25. The van der Waals surface area contributed by atoms with E-state index >= 15 is 0 Å². The first-order valence-corrected chi connectivity index (χ1v) is 11.6. The van der Waals surface area contributed by atoms with Crippen molar-refractivity contribution in [3.8, 4) is 5.75 Å². The summed E-state index contributed by atoms with van der Waals surface area (Å²) in [6, 6.07) is 13.5. The van der Waals surface area contributed by atoms with E-state index in [2.05, 4.69) is 5.10 Å². The molecule has 0 fully saturated rings. The minimum Gasteiger partial charge on any atom is -0.483 e. The molecule has 0 aliphatic heterocycles. The molecule has 0 saturated carbocycles. The van der Waals surface area contributed by atoms with E-state index in [0.29, 0.717) is 29.0 Å². The van der Waals surface area contributed by atoms with Crippen LogP contribution in [0.2, 0.25) is 5.02 Å². The average molecular weight is 469 g/mol. The van der Waals surface area contributed by atoms with E-state index in [-0.39, 0.29) is 12.5 Å². The number of thiazole rings is 1. The molecule has 0 aliphatic rings. The van der Waals surface area contributed by atoms with Crippen LogP contribution in [0.3, 0.4) is 0 Å². The van der Waals surface area contributed by atoms with E-state index in [1.807, 2.05) is 74.8 Å². The lowest BCUT2D eigenvalue weighted by atomic mass is 10.2. The molecule has 4 aromatic rings. The van der Waals surface area contributed by atoms with Crippen molar-refractivity contribution in [1.82, 2.24) is 14.8 Å². The molecule has 0 radical (unpaired) electrons. The molecular weight excluding hydrogens is 444 g/mol. The highest BCUT2D eigenvalue weighted by Gasteiger charge is 2.22. The molecule has 0 aliphatic carbocycles. The lowest BCUT2D eigenvalue weighted by Crippen LogP contribution is -2.37. The van der Waals surface area contributed by atoms with Gasteiger partial charge in [-0.2, -0.15) is 5.10 Å². The van der Waals surface area contributed by atoms with Crippen LogP contribution in [0.25, 0.3) is 10.2 Å². The quantitative estimate of drug-likeness (QED) is 0.359. The lowest BCUT2D eigenvalue weighted by molar-refractivity contribution is -0.120. The third kappa shape index (κ3) is 4.79. The number of amides is 1. The molecule has 0 atom stereocenters. The Labute approximate surface area is 196 Å². The topological polar surface area (TPSA) is 60.2 Å². The fraction of sp³-hybridized carbons (Fsp3) is 0.292. The van der Waals surface area contributed by atoms with E-state index in [9.17, 15) is 4.79 Å². The maximum atomic E-state index is 13.3. The lowest BCUT2D eigenvalue weighted by Gasteiger charge is -2.20. The summed E-state index contributed by atoms with van der Waals surface area (Å²) >= 11 is 7.69. The predicted octanol–water partition coefficient (Wildman–Crippen LogP) is 5.49. The van der Waals surface area contributed by atoms with Crippen LogP contribution in [-0.2, 0) is 11.3 Å². The van der Waals surface area contributed by atoms with Gasteiger partial charge in [0, 0.05) is 17.3 Å². The summed E-state index contributed by atoms with van der Waals surface area (Å²) in [7, 11) is 0. The fourth-order valence-corrected chi connectivity index (χ4v) is 5.08. The monoisotopic (exact) mass is 468 g/mol. The molecule has 166 valence electrons. The number of halogens is 1. The normalized spacial score (nSPS) is 11.2. The van der Waals surface area contributed by atoms with E-state index in [1.165, 1.54) is 11.3 Å². The van der Waals surface area contributed by atoms with Crippen molar-refractivity contribution in [2.75, 3.05) is 18.1 Å². The van der Waals surface area contributed by atoms with Crippen LogP contribution in [0, 0.1) is 27.7 Å². The second-order valence-corrected chi connectivity index (χ2v) is 9.26. The van der Waals surface area contributed by atoms with Gasteiger partial charge in [-0.25, -0.2) is 4.98 Å². The van der Waals surface area contributed by atoms with E-state index in [1.54, 1.807) is 4.90 Å². The second kappa shape index (κ2) is 9.30. The Morgan fingerprint density at radius 1 is 1.12 bits per heavy atom. The smallest absolute Gasteiger partial charge is 0.266 e. The number of carbonyl (C=O) groups excluding carboxylic acids is 1. The van der Waals surface area contributed by atoms with Crippen LogP contribution < -0.4 is 9.64 Å². The van der Waals surface area contributed by atoms with Gasteiger partial charge in [0.1, 0.15) is 5.75 Å². The minimum absolute atomic E-state index is 0.0718. The first-order chi connectivity index (χ1) is 15.3. The van der Waals surface area contributed by atoms with Crippen LogP contribution in [0.1, 0.15) is 22.5 Å². The van der Waals surface area contributed by atoms with Gasteiger partial charge in [0.2, 0.25) is 0 Å². The molecule has 2 aromatic carbocycles. The zero-order valence-corrected chi connectivity index (χ0v) is 20.1. The molecular formula is C24H25ClN4O2S. The third-order valence-corrected chi connectivity index (χ3v) is 6.50. The number of nitrogens with zero attached hydrogens (tertiary/aromatic N) is 4. The van der Waals surface area contributed by atoms with Gasteiger partial charge >= 0.3 is 0 Å². The Balaban J connectivity index is 1.61. The molecule has 0 bridgehead atoms. The van der Waals surface area contributed by atoms with Crippen LogP contribution >= 0.6 is 22.9 Å². The summed E-state index contributed by atoms with van der Waals surface area (Å²) in [4.78, 5) is 19.7. The molecule has 2 aromatic heterocycles. The first-order valence-electron chi connectivity index (χ1n) is 10.4. The number of carbonyl (C=O) groups is 1. The van der Waals surface area contributed by atoms with Gasteiger partial charge < -0.3 is 4.74 Å². The summed E-state index contributed by atoms with van der Waals surface area (Å²) in [5.74, 6) is 0.545. The number of rotatable bonds is 7. The first kappa shape index (κ1) is 22.3. The van der Waals surface area contributed by atoms with Crippen molar-refractivity contribution >= 4 is 44.2 Å². The van der Waals surface area contributed by atoms with E-state index < -0.39 is 0 Å². The summed E-state index contributed by atoms with van der Waals surface area (Å²) in [6.45, 7) is 8.83. The van der Waals surface area contributed by atoms with Gasteiger partial charge in [0.25, 0.3) is 5.91 Å². The van der Waals surface area contributed by atoms with Crippen LogP contribution in [0.5, 0.6) is 5.75 Å². The van der Waals surface area contributed by atoms with Gasteiger partial charge in [-0.3, -0.25) is 14.4 Å². The number of anilines is 1. The van der Waals surface area contributed by atoms with Gasteiger partial charge in [0.05, 0.1) is 22.5 Å². The zero-order valence-electron chi connectivity index (χ0n) is 18.6. The zero-order chi connectivity index (χ0) is 22.8. The van der Waals surface area contributed by atoms with E-state index in [4.69, 9.17) is 21.3 Å². The van der Waals surface area contributed by atoms with Gasteiger partial charge in [0.15, 0.2) is 11.7 Å². The molecule has 0 spiro atoms. The molecule has 1 amide bonds. The molecule has 0 saturated heterocycles. The molecule has 4 rings (SSSR count). The largest absolute Gasteiger partial charge is 0.483 e. The second-order valence-electron chi connectivity index (χ2n) is 7.82. The van der Waals surface area contributed by atoms with Crippen molar-refractivity contribution in [2.45, 2.75) is 34.2 Å². The highest BCUT2D eigenvalue weighted by atomic mass is 35.5. The minimum atomic E-state index is -0.155. The Morgan fingerprint density at radius 2 is 1.91 bits per heavy atom. The number of aromatic nitrogens is 3. The van der Waals surface area contributed by atoms with Gasteiger partial charge in [-0.1, -0.05) is 41.1 Å². The van der Waals surface area contributed by atoms with Crippen LogP contribution in [0.4, 0.5) is 5.13 Å². The maximum absolute atomic E-state index is 13.3. The standard InChI is InChI=1S/C24H25ClN4O2S/c1-15-7-5-6-8-20(15)31-14-22(30)28(9-10-29-18(4)12-17(3)27-29)24-26-23-16(2)11-19(25)13-21(23)32-24/h5-8,11-13H,9-10,14H2,1-4H3. The van der Waals surface area contributed by atoms with Gasteiger partial charge in [-0.15, -0.1) is 0 Å². The number of hydrogen-bond acceptors (Lipinski definition) is 5. The molecule has 32 heavy (non-hydrogen) atoms. The van der Waals surface area contributed by atoms with E-state index in [0.717, 1.165) is 32.7 Å². The fourth-order valence-electron chi connectivity index (χ4n) is 3.62. The molecule has 0 N–H and O–H groups in total. The van der Waals surface area contributed by atoms with Crippen molar-refractivity contribution in [2.24, 2.45) is 0 Å². The summed E-state index contributed by atoms with van der Waals surface area (Å²) in [5, 5.41) is 5.81. The average Bonchev–Trinajstić information content (AvgIpc) is 3.30. The molecule has 0 unspecified atom stereocenters. The van der Waals surface area contributed by atoms with Gasteiger partial charge in [-0.05, 0) is 63.1 Å².